The molecule has 1 unspecified atom stereocenters. The van der Waals surface area contributed by atoms with Gasteiger partial charge in [-0.05, 0) is 30.5 Å². The van der Waals surface area contributed by atoms with E-state index in [1.807, 2.05) is 6.07 Å². The number of nitrogens with one attached hydrogen (secondary N) is 2. The highest BCUT2D eigenvalue weighted by molar-refractivity contribution is 5.92. The summed E-state index contributed by atoms with van der Waals surface area (Å²) in [5, 5.41) is 2.76. The Labute approximate surface area is 129 Å². The molecule has 1 aromatic heterocycles. The highest BCUT2D eigenvalue weighted by Gasteiger charge is 2.25. The Bertz CT molecular complexity index is 696. The predicted molar refractivity (Wildman–Crippen MR) is 85.9 cm³/mol. The summed E-state index contributed by atoms with van der Waals surface area (Å²) in [6.07, 6.45) is 2.60. The lowest BCUT2D eigenvalue weighted by molar-refractivity contribution is -0.117. The summed E-state index contributed by atoms with van der Waals surface area (Å²) in [6, 6.07) is 13.5. The Balaban J connectivity index is 1.54. The first kappa shape index (κ1) is 14.5. The van der Waals surface area contributed by atoms with Crippen LogP contribution in [0.3, 0.4) is 0 Å². The van der Waals surface area contributed by atoms with Crippen LogP contribution in [0.25, 0.3) is 0 Å². The van der Waals surface area contributed by atoms with Crippen LogP contribution in [0.5, 0.6) is 0 Å². The molecule has 1 amide bonds. The maximum atomic E-state index is 12.1. The van der Waals surface area contributed by atoms with Crippen molar-refractivity contribution in [3.05, 3.63) is 64.6 Å². The molecule has 0 saturated carbocycles. The fourth-order valence-electron chi connectivity index (χ4n) is 2.90. The molecule has 1 aromatic carbocycles. The van der Waals surface area contributed by atoms with E-state index in [0.717, 1.165) is 19.5 Å². The molecular weight excluding hydrogens is 278 g/mol. The third kappa shape index (κ3) is 3.62. The van der Waals surface area contributed by atoms with Gasteiger partial charge in [-0.15, -0.1) is 0 Å². The summed E-state index contributed by atoms with van der Waals surface area (Å²) in [5.74, 6) is 0.410. The van der Waals surface area contributed by atoms with E-state index < -0.39 is 0 Å². The van der Waals surface area contributed by atoms with Gasteiger partial charge in [0.1, 0.15) is 0 Å². The van der Waals surface area contributed by atoms with Crippen molar-refractivity contribution in [2.24, 2.45) is 0 Å². The number of H-pyrrole nitrogens is 1. The van der Waals surface area contributed by atoms with Crippen molar-refractivity contribution in [3.8, 4) is 0 Å². The van der Waals surface area contributed by atoms with Crippen LogP contribution in [0.1, 0.15) is 17.9 Å². The minimum absolute atomic E-state index is 0.0840. The zero-order chi connectivity index (χ0) is 15.4. The topological polar surface area (TPSA) is 65.2 Å². The van der Waals surface area contributed by atoms with E-state index in [1.165, 1.54) is 17.8 Å². The van der Waals surface area contributed by atoms with Crippen LogP contribution in [0.4, 0.5) is 5.69 Å². The van der Waals surface area contributed by atoms with Gasteiger partial charge in [-0.2, -0.15) is 0 Å². The fraction of sp³-hybridized carbons (Fsp3) is 0.294. The normalized spacial score (nSPS) is 18.3. The van der Waals surface area contributed by atoms with E-state index >= 15 is 0 Å². The molecule has 0 spiro atoms. The van der Waals surface area contributed by atoms with Crippen molar-refractivity contribution in [3.63, 3.8) is 0 Å². The molecule has 1 aliphatic heterocycles. The van der Waals surface area contributed by atoms with Gasteiger partial charge in [-0.3, -0.25) is 14.5 Å². The molecule has 5 nitrogen and oxygen atoms in total. The summed E-state index contributed by atoms with van der Waals surface area (Å²) in [7, 11) is 0. The summed E-state index contributed by atoms with van der Waals surface area (Å²) in [5.41, 5.74) is 1.65. The third-order valence-corrected chi connectivity index (χ3v) is 3.97. The van der Waals surface area contributed by atoms with Crippen LogP contribution in [-0.2, 0) is 4.79 Å². The number of pyridine rings is 1. The fourth-order valence-corrected chi connectivity index (χ4v) is 2.90. The maximum Gasteiger partial charge on any atom is 0.249 e. The summed E-state index contributed by atoms with van der Waals surface area (Å²) in [4.78, 5) is 27.9. The number of hydrogen-bond donors (Lipinski definition) is 2. The second-order valence-electron chi connectivity index (χ2n) is 5.62. The Morgan fingerprint density at radius 3 is 2.86 bits per heavy atom. The summed E-state index contributed by atoms with van der Waals surface area (Å²) in [6.45, 7) is 2.17. The van der Waals surface area contributed by atoms with Crippen LogP contribution in [0, 0.1) is 0 Å². The second-order valence-corrected chi connectivity index (χ2v) is 5.62. The number of hydrogen-bond acceptors (Lipinski definition) is 3. The number of carbonyl (C=O) groups is 1. The third-order valence-electron chi connectivity index (χ3n) is 3.97. The van der Waals surface area contributed by atoms with Crippen molar-refractivity contribution in [2.75, 3.05) is 25.0 Å². The molecule has 2 N–H and O–H groups in total. The molecular formula is C17H19N3O2. The average molecular weight is 297 g/mol. The summed E-state index contributed by atoms with van der Waals surface area (Å²) >= 11 is 0. The Morgan fingerprint density at radius 2 is 2.09 bits per heavy atom. The standard InChI is InChI=1S/C17H19N3O2/c21-16-10-15(6-8-18-16)19-17(22)12-20-9-7-14(11-20)13-4-2-1-3-5-13/h1-6,8,10,14H,7,9,11-12H2,(H2,18,19,21,22). The number of likely N-dealkylation sites (tertiary alicyclic amines) is 1. The maximum absolute atomic E-state index is 12.1. The number of aromatic amines is 1. The van der Waals surface area contributed by atoms with Crippen molar-refractivity contribution in [1.29, 1.82) is 0 Å². The molecule has 0 bridgehead atoms. The molecule has 1 atom stereocenters. The van der Waals surface area contributed by atoms with Crippen molar-refractivity contribution in [2.45, 2.75) is 12.3 Å². The monoisotopic (exact) mass is 297 g/mol. The molecule has 1 fully saturated rings. The molecule has 0 aliphatic carbocycles. The Hall–Kier alpha value is -2.40. The van der Waals surface area contributed by atoms with E-state index in [2.05, 4.69) is 39.5 Å². The van der Waals surface area contributed by atoms with Gasteiger partial charge < -0.3 is 10.3 Å². The van der Waals surface area contributed by atoms with E-state index in [4.69, 9.17) is 0 Å². The van der Waals surface area contributed by atoms with Crippen LogP contribution < -0.4 is 10.9 Å². The molecule has 22 heavy (non-hydrogen) atoms. The minimum Gasteiger partial charge on any atom is -0.329 e. The highest BCUT2D eigenvalue weighted by atomic mass is 16.2. The van der Waals surface area contributed by atoms with Gasteiger partial charge in [0.05, 0.1) is 6.54 Å². The second kappa shape index (κ2) is 6.58. The van der Waals surface area contributed by atoms with Crippen LogP contribution in [0.15, 0.2) is 53.5 Å². The number of aromatic nitrogens is 1. The lowest BCUT2D eigenvalue weighted by atomic mass is 9.99. The Morgan fingerprint density at radius 1 is 1.27 bits per heavy atom. The predicted octanol–water partition coefficient (Wildman–Crippen LogP) is 1.80. The van der Waals surface area contributed by atoms with Crippen LogP contribution in [-0.4, -0.2) is 35.4 Å². The molecule has 1 saturated heterocycles. The van der Waals surface area contributed by atoms with Gasteiger partial charge in [-0.25, -0.2) is 0 Å². The minimum atomic E-state index is -0.219. The van der Waals surface area contributed by atoms with Crippen molar-refractivity contribution in [1.82, 2.24) is 9.88 Å². The van der Waals surface area contributed by atoms with Gasteiger partial charge in [-0.1, -0.05) is 30.3 Å². The van der Waals surface area contributed by atoms with E-state index in [1.54, 1.807) is 6.07 Å². The molecule has 2 aromatic rings. The number of carbonyl (C=O) groups excluding carboxylic acids is 1. The number of nitrogens with zero attached hydrogens (tertiary/aromatic N) is 1. The lowest BCUT2D eigenvalue weighted by Gasteiger charge is -2.15. The quantitative estimate of drug-likeness (QED) is 0.904. The molecule has 3 rings (SSSR count). The largest absolute Gasteiger partial charge is 0.329 e. The van der Waals surface area contributed by atoms with Gasteiger partial charge in [0, 0.05) is 24.5 Å². The molecule has 114 valence electrons. The highest BCUT2D eigenvalue weighted by Crippen LogP contribution is 2.26. The summed E-state index contributed by atoms with van der Waals surface area (Å²) < 4.78 is 0. The van der Waals surface area contributed by atoms with Crippen LogP contribution >= 0.6 is 0 Å². The number of benzene rings is 1. The van der Waals surface area contributed by atoms with Crippen LogP contribution in [0.2, 0.25) is 0 Å². The lowest BCUT2D eigenvalue weighted by Crippen LogP contribution is -2.31. The van der Waals surface area contributed by atoms with Crippen molar-refractivity contribution >= 4 is 11.6 Å². The first-order chi connectivity index (χ1) is 10.7. The molecule has 5 heteroatoms. The first-order valence-electron chi connectivity index (χ1n) is 7.46. The van der Waals surface area contributed by atoms with E-state index in [-0.39, 0.29) is 11.5 Å². The van der Waals surface area contributed by atoms with Gasteiger partial charge in [0.25, 0.3) is 0 Å². The first-order valence-corrected chi connectivity index (χ1v) is 7.46. The number of amides is 1. The SMILES string of the molecule is O=C(CN1CCC(c2ccccc2)C1)Nc1cc[nH]c(=O)c1. The van der Waals surface area contributed by atoms with Crippen molar-refractivity contribution < 1.29 is 4.79 Å². The molecule has 0 radical (unpaired) electrons. The van der Waals surface area contributed by atoms with E-state index in [9.17, 15) is 9.59 Å². The van der Waals surface area contributed by atoms with Gasteiger partial charge >= 0.3 is 0 Å². The smallest absolute Gasteiger partial charge is 0.249 e. The Kier molecular flexibility index (Phi) is 4.34. The average Bonchev–Trinajstić information content (AvgIpc) is 2.96. The van der Waals surface area contributed by atoms with Gasteiger partial charge in [0.2, 0.25) is 11.5 Å². The number of rotatable bonds is 4. The zero-order valence-electron chi connectivity index (χ0n) is 12.3. The zero-order valence-corrected chi connectivity index (χ0v) is 12.3. The van der Waals surface area contributed by atoms with Gasteiger partial charge in [0.15, 0.2) is 0 Å². The van der Waals surface area contributed by atoms with E-state index in [0.29, 0.717) is 18.2 Å². The molecule has 1 aliphatic rings. The number of anilines is 1. The molecule has 2 heterocycles.